The molecule has 1 amide bonds. The third kappa shape index (κ3) is 4.09. The third-order valence-corrected chi connectivity index (χ3v) is 4.44. The van der Waals surface area contributed by atoms with Crippen LogP contribution in [0.4, 0.5) is 8.78 Å². The highest BCUT2D eigenvalue weighted by molar-refractivity contribution is 6.30. The number of carbonyl (C=O) groups is 1. The van der Waals surface area contributed by atoms with Crippen molar-refractivity contribution in [1.82, 2.24) is 14.9 Å². The van der Waals surface area contributed by atoms with E-state index in [1.807, 2.05) is 6.07 Å². The van der Waals surface area contributed by atoms with Gasteiger partial charge in [0, 0.05) is 42.0 Å². The number of fused-ring (bicyclic) bond motifs is 1. The molecule has 2 aromatic heterocycles. The van der Waals surface area contributed by atoms with Crippen LogP contribution in [0, 0.1) is 6.92 Å². The van der Waals surface area contributed by atoms with Crippen molar-refractivity contribution in [1.29, 1.82) is 0 Å². The van der Waals surface area contributed by atoms with Crippen LogP contribution in [0.2, 0.25) is 5.15 Å². The van der Waals surface area contributed by atoms with Crippen molar-refractivity contribution in [3.05, 3.63) is 51.9 Å². The largest absolute Gasteiger partial charge is 0.477 e. The zero-order valence-corrected chi connectivity index (χ0v) is 15.2. The molecular weight excluding hydrogens is 364 g/mol. The molecule has 0 aliphatic carbocycles. The minimum Gasteiger partial charge on any atom is -0.477 e. The summed E-state index contributed by atoms with van der Waals surface area (Å²) in [7, 11) is 0. The fourth-order valence-electron chi connectivity index (χ4n) is 2.78. The first kappa shape index (κ1) is 18.5. The summed E-state index contributed by atoms with van der Waals surface area (Å²) < 4.78 is 31.0. The van der Waals surface area contributed by atoms with Gasteiger partial charge in [-0.1, -0.05) is 11.6 Å². The van der Waals surface area contributed by atoms with Crippen LogP contribution in [0.1, 0.15) is 40.4 Å². The van der Waals surface area contributed by atoms with E-state index in [1.54, 1.807) is 24.1 Å². The fraction of sp³-hybridized carbons (Fsp3) is 0.389. The number of hydrogen-bond acceptors (Lipinski definition) is 4. The molecule has 0 atom stereocenters. The summed E-state index contributed by atoms with van der Waals surface area (Å²) in [6.07, 6.45) is 2.73. The second-order valence-corrected chi connectivity index (χ2v) is 6.78. The predicted octanol–water partition coefficient (Wildman–Crippen LogP) is 4.02. The maximum atomic E-state index is 12.8. The molecule has 0 bridgehead atoms. The van der Waals surface area contributed by atoms with Gasteiger partial charge in [-0.2, -0.15) is 0 Å². The lowest BCUT2D eigenvalue weighted by atomic mass is 10.2. The molecule has 8 heteroatoms. The van der Waals surface area contributed by atoms with Gasteiger partial charge in [0.1, 0.15) is 5.15 Å². The molecule has 0 saturated heterocycles. The first-order valence-corrected chi connectivity index (χ1v) is 8.51. The number of ether oxygens (including phenoxy) is 1. The monoisotopic (exact) mass is 381 g/mol. The molecule has 1 aliphatic heterocycles. The Labute approximate surface area is 155 Å². The Morgan fingerprint density at radius 3 is 2.81 bits per heavy atom. The zero-order chi connectivity index (χ0) is 18.9. The molecule has 0 aromatic carbocycles. The molecule has 26 heavy (non-hydrogen) atoms. The molecule has 3 rings (SSSR count). The van der Waals surface area contributed by atoms with Crippen LogP contribution < -0.4 is 4.74 Å². The molecule has 1 aliphatic rings. The number of hydrogen-bond donors (Lipinski definition) is 0. The van der Waals surface area contributed by atoms with Gasteiger partial charge in [0.25, 0.3) is 5.91 Å². The molecule has 3 heterocycles. The topological polar surface area (TPSA) is 55.3 Å². The van der Waals surface area contributed by atoms with Gasteiger partial charge in [-0.15, -0.1) is 0 Å². The SMILES string of the molecule is Cc1cc(CN2Cc3c(ccnc3Cl)C2=O)cnc1OCCC(C)(F)F. The van der Waals surface area contributed by atoms with Crippen molar-refractivity contribution in [3.63, 3.8) is 0 Å². The van der Waals surface area contributed by atoms with E-state index in [4.69, 9.17) is 16.3 Å². The molecule has 0 fully saturated rings. The number of alkyl halides is 2. The van der Waals surface area contributed by atoms with Crippen molar-refractivity contribution >= 4 is 17.5 Å². The standard InChI is InChI=1S/C18H18ClF2N3O2/c1-11-7-12(8-23-16(11)26-6-4-18(2,20)21)9-24-10-14-13(17(24)25)3-5-22-15(14)19/h3,5,7-8H,4,6,9-10H2,1-2H3. The molecule has 0 spiro atoms. The lowest BCUT2D eigenvalue weighted by Gasteiger charge is -2.17. The summed E-state index contributed by atoms with van der Waals surface area (Å²) in [5.74, 6) is -2.55. The Kier molecular flexibility index (Phi) is 5.09. The molecule has 0 radical (unpaired) electrons. The molecule has 2 aromatic rings. The van der Waals surface area contributed by atoms with Crippen molar-refractivity contribution in [2.75, 3.05) is 6.61 Å². The highest BCUT2D eigenvalue weighted by atomic mass is 35.5. The highest BCUT2D eigenvalue weighted by Crippen LogP contribution is 2.29. The summed E-state index contributed by atoms with van der Waals surface area (Å²) in [5.41, 5.74) is 2.84. The average molecular weight is 382 g/mol. The van der Waals surface area contributed by atoms with E-state index in [0.29, 0.717) is 29.7 Å². The smallest absolute Gasteiger partial charge is 0.254 e. The van der Waals surface area contributed by atoms with E-state index < -0.39 is 5.92 Å². The number of aryl methyl sites for hydroxylation is 1. The Morgan fingerprint density at radius 2 is 2.15 bits per heavy atom. The van der Waals surface area contributed by atoms with Crippen LogP contribution in [0.25, 0.3) is 0 Å². The molecule has 5 nitrogen and oxygen atoms in total. The Bertz CT molecular complexity index is 840. The van der Waals surface area contributed by atoms with Gasteiger partial charge >= 0.3 is 0 Å². The third-order valence-electron chi connectivity index (χ3n) is 4.11. The van der Waals surface area contributed by atoms with E-state index in [1.165, 1.54) is 6.20 Å². The summed E-state index contributed by atoms with van der Waals surface area (Å²) in [6, 6.07) is 3.50. The molecular formula is C18H18ClF2N3O2. The zero-order valence-electron chi connectivity index (χ0n) is 14.4. The molecule has 0 saturated carbocycles. The van der Waals surface area contributed by atoms with Gasteiger partial charge in [0.05, 0.1) is 13.2 Å². The van der Waals surface area contributed by atoms with Crippen molar-refractivity contribution in [2.45, 2.75) is 39.3 Å². The first-order chi connectivity index (χ1) is 12.2. The second kappa shape index (κ2) is 7.15. The van der Waals surface area contributed by atoms with Gasteiger partial charge < -0.3 is 9.64 Å². The number of amides is 1. The lowest BCUT2D eigenvalue weighted by Crippen LogP contribution is -2.23. The normalized spacial score (nSPS) is 13.9. The summed E-state index contributed by atoms with van der Waals surface area (Å²) in [6.45, 7) is 3.29. The van der Waals surface area contributed by atoms with E-state index in [2.05, 4.69) is 9.97 Å². The Morgan fingerprint density at radius 1 is 1.38 bits per heavy atom. The van der Waals surface area contributed by atoms with Gasteiger partial charge in [-0.05, 0) is 31.5 Å². The number of pyridine rings is 2. The van der Waals surface area contributed by atoms with Crippen LogP contribution in [-0.2, 0) is 13.1 Å². The van der Waals surface area contributed by atoms with Crippen LogP contribution >= 0.6 is 11.6 Å². The van der Waals surface area contributed by atoms with Gasteiger partial charge in [-0.3, -0.25) is 4.79 Å². The highest BCUT2D eigenvalue weighted by Gasteiger charge is 2.29. The number of rotatable bonds is 6. The van der Waals surface area contributed by atoms with E-state index in [0.717, 1.165) is 23.6 Å². The van der Waals surface area contributed by atoms with E-state index in [9.17, 15) is 13.6 Å². The number of halogens is 3. The second-order valence-electron chi connectivity index (χ2n) is 6.42. The van der Waals surface area contributed by atoms with Crippen molar-refractivity contribution in [3.8, 4) is 5.88 Å². The van der Waals surface area contributed by atoms with Crippen molar-refractivity contribution in [2.24, 2.45) is 0 Å². The number of carbonyl (C=O) groups excluding carboxylic acids is 1. The Hall–Kier alpha value is -2.28. The maximum absolute atomic E-state index is 12.8. The van der Waals surface area contributed by atoms with Crippen LogP contribution in [0.5, 0.6) is 5.88 Å². The summed E-state index contributed by atoms with van der Waals surface area (Å²) in [4.78, 5) is 22.3. The van der Waals surface area contributed by atoms with Crippen molar-refractivity contribution < 1.29 is 18.3 Å². The minimum absolute atomic E-state index is 0.104. The lowest BCUT2D eigenvalue weighted by molar-refractivity contribution is 0.000342. The minimum atomic E-state index is -2.77. The molecule has 0 unspecified atom stereocenters. The van der Waals surface area contributed by atoms with Crippen LogP contribution in [0.15, 0.2) is 24.5 Å². The molecule has 138 valence electrons. The number of nitrogens with zero attached hydrogens (tertiary/aromatic N) is 3. The molecule has 0 N–H and O–H groups in total. The average Bonchev–Trinajstić information content (AvgIpc) is 2.87. The fourth-order valence-corrected chi connectivity index (χ4v) is 3.00. The van der Waals surface area contributed by atoms with Crippen LogP contribution in [-0.4, -0.2) is 33.3 Å². The Balaban J connectivity index is 1.66. The summed E-state index contributed by atoms with van der Waals surface area (Å²) in [5, 5.41) is 0.337. The maximum Gasteiger partial charge on any atom is 0.254 e. The quantitative estimate of drug-likeness (QED) is 0.709. The van der Waals surface area contributed by atoms with Gasteiger partial charge in [-0.25, -0.2) is 18.7 Å². The van der Waals surface area contributed by atoms with E-state index in [-0.39, 0.29) is 18.9 Å². The predicted molar refractivity (Wildman–Crippen MR) is 92.5 cm³/mol. The van der Waals surface area contributed by atoms with Gasteiger partial charge in [0.2, 0.25) is 11.8 Å². The van der Waals surface area contributed by atoms with E-state index >= 15 is 0 Å². The van der Waals surface area contributed by atoms with Gasteiger partial charge in [0.15, 0.2) is 0 Å². The summed E-state index contributed by atoms with van der Waals surface area (Å²) >= 11 is 6.06. The number of aromatic nitrogens is 2. The van der Waals surface area contributed by atoms with Crippen LogP contribution in [0.3, 0.4) is 0 Å². The first-order valence-electron chi connectivity index (χ1n) is 8.13.